The number of benzene rings is 1. The molecule has 8 heteroatoms. The molecule has 0 aliphatic carbocycles. The summed E-state index contributed by atoms with van der Waals surface area (Å²) in [5, 5.41) is 9.99. The monoisotopic (exact) mass is 433 g/mol. The van der Waals surface area contributed by atoms with Gasteiger partial charge < -0.3 is 5.31 Å². The number of nitrogens with one attached hydrogen (secondary N) is 1. The number of anilines is 1. The Balaban J connectivity index is 1.61. The summed E-state index contributed by atoms with van der Waals surface area (Å²) >= 11 is 1.14. The van der Waals surface area contributed by atoms with Crippen LogP contribution in [0.1, 0.15) is 55.4 Å². The second-order valence-electron chi connectivity index (χ2n) is 7.13. The van der Waals surface area contributed by atoms with Crippen LogP contribution in [0.5, 0.6) is 0 Å². The number of halogens is 2. The van der Waals surface area contributed by atoms with Gasteiger partial charge in [0.25, 0.3) is 0 Å². The molecule has 1 saturated heterocycles. The first-order chi connectivity index (χ1) is 16.7. The van der Waals surface area contributed by atoms with Crippen LogP contribution in [0.15, 0.2) is 24.5 Å². The highest BCUT2D eigenvalue weighted by molar-refractivity contribution is 7.19. The molecule has 5 nitrogen and oxygen atoms in total. The molecule has 1 aromatic carbocycles. The van der Waals surface area contributed by atoms with Crippen LogP contribution in [-0.2, 0) is 6.50 Å². The minimum Gasteiger partial charge on any atom is -0.366 e. The van der Waals surface area contributed by atoms with Gasteiger partial charge in [-0.3, -0.25) is 4.90 Å². The van der Waals surface area contributed by atoms with E-state index in [0.717, 1.165) is 22.7 Å². The van der Waals surface area contributed by atoms with Crippen molar-refractivity contribution in [1.82, 2.24) is 14.9 Å². The van der Waals surface area contributed by atoms with Crippen molar-refractivity contribution in [2.24, 2.45) is 0 Å². The van der Waals surface area contributed by atoms with E-state index in [-0.39, 0.29) is 37.8 Å². The Labute approximate surface area is 186 Å². The average molecular weight is 434 g/mol. The van der Waals surface area contributed by atoms with E-state index in [1.54, 1.807) is 19.9 Å². The molecule has 0 bridgehead atoms. The Kier molecular flexibility index (Phi) is 4.13. The van der Waals surface area contributed by atoms with Crippen molar-refractivity contribution in [2.75, 3.05) is 18.4 Å². The molecule has 1 aliphatic rings. The fourth-order valence-electron chi connectivity index (χ4n) is 3.12. The largest absolute Gasteiger partial charge is 0.366 e. The molecule has 30 heavy (non-hydrogen) atoms. The van der Waals surface area contributed by atoms with Gasteiger partial charge in [0.1, 0.15) is 29.8 Å². The summed E-state index contributed by atoms with van der Waals surface area (Å²) in [4.78, 5) is 10.1. The molecular weight excluding hydrogens is 404 g/mol. The van der Waals surface area contributed by atoms with Gasteiger partial charge in [-0.1, -0.05) is 13.8 Å². The zero-order valence-corrected chi connectivity index (χ0v) is 17.3. The number of nitrogens with zero attached hydrogens (tertiary/aromatic N) is 4. The lowest BCUT2D eigenvalue weighted by Gasteiger charge is -2.32. The van der Waals surface area contributed by atoms with E-state index >= 15 is 0 Å². The van der Waals surface area contributed by atoms with Gasteiger partial charge in [0, 0.05) is 46.2 Å². The predicted octanol–water partition coefficient (Wildman–Crippen LogP) is 5.04. The minimum absolute atomic E-state index is 0.00529. The molecule has 0 unspecified atom stereocenters. The van der Waals surface area contributed by atoms with Crippen LogP contribution in [0, 0.1) is 23.0 Å². The van der Waals surface area contributed by atoms with Gasteiger partial charge in [-0.25, -0.2) is 18.7 Å². The Morgan fingerprint density at radius 1 is 1.43 bits per heavy atom. The summed E-state index contributed by atoms with van der Waals surface area (Å²) in [5.41, 5.74) is -0.632. The first-order valence-corrected chi connectivity index (χ1v) is 10.2. The molecule has 0 amide bonds. The van der Waals surface area contributed by atoms with Crippen LogP contribution in [0.2, 0.25) is 1.41 Å². The van der Waals surface area contributed by atoms with Crippen molar-refractivity contribution in [3.8, 4) is 6.07 Å². The summed E-state index contributed by atoms with van der Waals surface area (Å²) in [6.45, 7) is 0.902. The number of fused-ring (bicyclic) bond motifs is 1. The normalized spacial score (nSPS) is 20.4. The Morgan fingerprint density at radius 2 is 2.20 bits per heavy atom. The maximum Gasteiger partial charge on any atom is 0.162 e. The summed E-state index contributed by atoms with van der Waals surface area (Å²) in [6.07, 6.45) is 1.22. The highest BCUT2D eigenvalue weighted by Gasteiger charge is 2.22. The standard InChI is InChI=1S/C22H23F2N5S/c1-13(2)20-9-19-21(30-20)22(27-12-26-19)28-16-3-5-29(6-4-16)11-15-7-14(10-25)17(23)8-18(15)24/h7-9,12-13,16H,3-6,11H2,1-2H3,(H,26,27,28)/i9D,11D2,13D,16D/hD. The van der Waals surface area contributed by atoms with Crippen LogP contribution >= 0.6 is 11.3 Å². The molecule has 3 aromatic rings. The molecule has 1 fully saturated rings. The smallest absolute Gasteiger partial charge is 0.162 e. The predicted molar refractivity (Wildman–Crippen MR) is 114 cm³/mol. The summed E-state index contributed by atoms with van der Waals surface area (Å²) < 4.78 is 79.9. The van der Waals surface area contributed by atoms with Gasteiger partial charge >= 0.3 is 0 Å². The topological polar surface area (TPSA) is 64.8 Å². The molecule has 0 radical (unpaired) electrons. The molecule has 156 valence electrons. The van der Waals surface area contributed by atoms with E-state index in [1.807, 2.05) is 0 Å². The van der Waals surface area contributed by atoms with Gasteiger partial charge in [0.15, 0.2) is 1.41 Å². The third-order valence-corrected chi connectivity index (χ3v) is 6.03. The van der Waals surface area contributed by atoms with Crippen LogP contribution in [0.3, 0.4) is 0 Å². The lowest BCUT2D eigenvalue weighted by molar-refractivity contribution is 0.208. The van der Waals surface area contributed by atoms with Crippen LogP contribution in [-0.4, -0.2) is 34.0 Å². The Bertz CT molecular complexity index is 1360. The highest BCUT2D eigenvalue weighted by atomic mass is 32.1. The van der Waals surface area contributed by atoms with E-state index < -0.39 is 41.2 Å². The van der Waals surface area contributed by atoms with Crippen LogP contribution in [0.4, 0.5) is 14.6 Å². The highest BCUT2D eigenvalue weighted by Crippen LogP contribution is 2.34. The zero-order valence-electron chi connectivity index (χ0n) is 22.5. The van der Waals surface area contributed by atoms with E-state index in [0.29, 0.717) is 21.2 Å². The fraction of sp³-hybridized carbons (Fsp3) is 0.409. The fourth-order valence-corrected chi connectivity index (χ4v) is 4.06. The Morgan fingerprint density at radius 3 is 2.90 bits per heavy atom. The molecule has 1 N–H and O–H groups in total. The minimum atomic E-state index is -2.37. The van der Waals surface area contributed by atoms with E-state index in [2.05, 4.69) is 9.97 Å². The number of rotatable bonds is 5. The molecule has 0 saturated carbocycles. The van der Waals surface area contributed by atoms with Gasteiger partial charge in [0.2, 0.25) is 0 Å². The maximum absolute atomic E-state index is 14.5. The van der Waals surface area contributed by atoms with Gasteiger partial charge in [0.05, 0.1) is 18.5 Å². The summed E-state index contributed by atoms with van der Waals surface area (Å²) in [5.74, 6) is -3.10. The summed E-state index contributed by atoms with van der Waals surface area (Å²) in [6, 6.07) is 1.53. The number of piperidine rings is 1. The number of nitriles is 1. The Hall–Kier alpha value is -2.63. The molecule has 2 aromatic heterocycles. The SMILES string of the molecule is [2H]c1c(C([2H])(C)C)sc2c(N([2H])C3([2H])CCN(C([2H])([2H])c4cc(C#N)c(F)cc4F)CC3)ncnc12. The van der Waals surface area contributed by atoms with Gasteiger partial charge in [-0.15, -0.1) is 11.3 Å². The van der Waals surface area contributed by atoms with E-state index in [4.69, 9.17) is 13.5 Å². The van der Waals surface area contributed by atoms with Crippen molar-refractivity contribution in [2.45, 2.75) is 45.1 Å². The van der Waals surface area contributed by atoms with Crippen molar-refractivity contribution < 1.29 is 17.0 Å². The van der Waals surface area contributed by atoms with Crippen LogP contribution in [0.25, 0.3) is 10.2 Å². The molecule has 1 aliphatic heterocycles. The summed E-state index contributed by atoms with van der Waals surface area (Å²) in [7, 11) is 0. The number of hydrogen-bond donors (Lipinski definition) is 1. The third-order valence-electron chi connectivity index (χ3n) is 4.74. The van der Waals surface area contributed by atoms with E-state index in [1.165, 1.54) is 11.2 Å². The second-order valence-corrected chi connectivity index (χ2v) is 8.15. The average Bonchev–Trinajstić information content (AvgIpc) is 3.16. The van der Waals surface area contributed by atoms with Crippen molar-refractivity contribution in [3.63, 3.8) is 0 Å². The van der Waals surface area contributed by atoms with Gasteiger partial charge in [-0.05, 0) is 30.8 Å². The van der Waals surface area contributed by atoms with Crippen LogP contribution < -0.4 is 5.31 Å². The lowest BCUT2D eigenvalue weighted by atomic mass is 10.0. The zero-order chi connectivity index (χ0) is 26.6. The van der Waals surface area contributed by atoms with Crippen molar-refractivity contribution >= 4 is 27.4 Å². The molecule has 0 spiro atoms. The molecular formula is C22H23F2N5S. The number of hydrogen-bond acceptors (Lipinski definition) is 6. The third kappa shape index (κ3) is 4.27. The molecule has 4 rings (SSSR count). The van der Waals surface area contributed by atoms with E-state index in [9.17, 15) is 8.78 Å². The van der Waals surface area contributed by atoms with Gasteiger partial charge in [-0.2, -0.15) is 5.26 Å². The number of likely N-dealkylation sites (tertiary alicyclic amines) is 1. The van der Waals surface area contributed by atoms with Crippen molar-refractivity contribution in [3.05, 3.63) is 52.1 Å². The quantitative estimate of drug-likeness (QED) is 0.611. The first kappa shape index (κ1) is 14.4. The first-order valence-electron chi connectivity index (χ1n) is 12.3. The number of thiophene rings is 1. The van der Waals surface area contributed by atoms with Crippen molar-refractivity contribution in [1.29, 1.82) is 5.26 Å². The molecule has 0 atom stereocenters. The maximum atomic E-state index is 14.5. The molecule has 3 heterocycles. The number of aromatic nitrogens is 2. The second kappa shape index (κ2) is 8.62. The lowest BCUT2D eigenvalue weighted by Crippen LogP contribution is -2.39.